The molecule has 0 saturated heterocycles. The van der Waals surface area contributed by atoms with Crippen LogP contribution in [0.3, 0.4) is 0 Å². The van der Waals surface area contributed by atoms with Gasteiger partial charge in [-0.3, -0.25) is 0 Å². The Balaban J connectivity index is 1.81. The van der Waals surface area contributed by atoms with E-state index in [1.165, 1.54) is 36.4 Å². The van der Waals surface area contributed by atoms with Gasteiger partial charge in [-0.15, -0.1) is 10.2 Å². The van der Waals surface area contributed by atoms with Crippen molar-refractivity contribution >= 4 is 11.4 Å². The van der Waals surface area contributed by atoms with Gasteiger partial charge in [0, 0.05) is 23.5 Å². The maximum atomic E-state index is 13.9. The van der Waals surface area contributed by atoms with Crippen LogP contribution in [0.15, 0.2) is 58.8 Å². The second-order valence-electron chi connectivity index (χ2n) is 7.14. The summed E-state index contributed by atoms with van der Waals surface area (Å²) in [6.45, 7) is 7.49. The molecule has 0 saturated carbocycles. The Morgan fingerprint density at radius 3 is 1.37 bits per heavy atom. The van der Waals surface area contributed by atoms with E-state index in [4.69, 9.17) is 0 Å². The predicted octanol–water partition coefficient (Wildman–Crippen LogP) is 5.99. The molecule has 0 fully saturated rings. The zero-order valence-corrected chi connectivity index (χ0v) is 17.1. The summed E-state index contributed by atoms with van der Waals surface area (Å²) in [7, 11) is 0. The fourth-order valence-electron chi connectivity index (χ4n) is 3.35. The molecule has 2 aromatic heterocycles. The molecule has 8 heteroatoms. The van der Waals surface area contributed by atoms with Crippen molar-refractivity contribution < 1.29 is 8.78 Å². The Kier molecular flexibility index (Phi) is 4.99. The van der Waals surface area contributed by atoms with Crippen molar-refractivity contribution in [2.75, 3.05) is 0 Å². The van der Waals surface area contributed by atoms with Crippen molar-refractivity contribution in [1.29, 1.82) is 0 Å². The lowest BCUT2D eigenvalue weighted by Crippen LogP contribution is -2.01. The van der Waals surface area contributed by atoms with Crippen molar-refractivity contribution in [3.8, 4) is 11.4 Å². The zero-order valence-electron chi connectivity index (χ0n) is 17.1. The number of hydrogen-bond acceptors (Lipinski definition) is 4. The third-order valence-electron chi connectivity index (χ3n) is 4.62. The Morgan fingerprint density at radius 2 is 1.03 bits per heavy atom. The van der Waals surface area contributed by atoms with Gasteiger partial charge in [-0.1, -0.05) is 0 Å². The lowest BCUT2D eigenvalue weighted by molar-refractivity contribution is 0.624. The highest BCUT2D eigenvalue weighted by atomic mass is 19.1. The van der Waals surface area contributed by atoms with E-state index in [0.717, 1.165) is 22.8 Å². The monoisotopic (exact) mass is 406 g/mol. The van der Waals surface area contributed by atoms with E-state index in [1.807, 2.05) is 39.8 Å². The molecule has 2 heterocycles. The van der Waals surface area contributed by atoms with E-state index in [0.29, 0.717) is 22.7 Å². The van der Waals surface area contributed by atoms with Crippen molar-refractivity contribution in [3.63, 3.8) is 0 Å². The molecule has 0 atom stereocenters. The maximum Gasteiger partial charge on any atom is 0.125 e. The number of hydrogen-bond donors (Lipinski definition) is 0. The van der Waals surface area contributed by atoms with E-state index in [1.54, 1.807) is 9.36 Å². The van der Waals surface area contributed by atoms with Gasteiger partial charge >= 0.3 is 0 Å². The van der Waals surface area contributed by atoms with Crippen LogP contribution in [-0.4, -0.2) is 19.6 Å². The fraction of sp³-hybridized carbons (Fsp3) is 0.182. The molecule has 4 aromatic rings. The first-order valence-corrected chi connectivity index (χ1v) is 9.40. The molecule has 0 aliphatic carbocycles. The number of rotatable bonds is 4. The number of azo groups is 1. The van der Waals surface area contributed by atoms with Crippen LogP contribution in [0.2, 0.25) is 0 Å². The number of nitrogens with zero attached hydrogens (tertiary/aromatic N) is 6. The number of aryl methyl sites for hydroxylation is 4. The summed E-state index contributed by atoms with van der Waals surface area (Å²) >= 11 is 0. The summed E-state index contributed by atoms with van der Waals surface area (Å²) < 4.78 is 31.1. The molecule has 0 radical (unpaired) electrons. The molecule has 152 valence electrons. The molecule has 0 spiro atoms. The Bertz CT molecular complexity index is 1170. The first-order chi connectivity index (χ1) is 14.3. The summed E-state index contributed by atoms with van der Waals surface area (Å²) in [5.41, 5.74) is 5.13. The van der Waals surface area contributed by atoms with Crippen LogP contribution in [0, 0.1) is 39.3 Å². The largest absolute Gasteiger partial charge is 0.235 e. The second-order valence-corrected chi connectivity index (χ2v) is 7.14. The molecule has 0 aliphatic rings. The molecule has 0 amide bonds. The van der Waals surface area contributed by atoms with E-state index in [9.17, 15) is 8.78 Å². The molecular weight excluding hydrogens is 386 g/mol. The molecule has 4 rings (SSSR count). The third kappa shape index (κ3) is 3.76. The van der Waals surface area contributed by atoms with E-state index in [2.05, 4.69) is 20.4 Å². The van der Waals surface area contributed by atoms with Crippen molar-refractivity contribution in [1.82, 2.24) is 19.6 Å². The summed E-state index contributed by atoms with van der Waals surface area (Å²) in [4.78, 5) is 0. The quantitative estimate of drug-likeness (QED) is 0.391. The minimum absolute atomic E-state index is 0.401. The summed E-state index contributed by atoms with van der Waals surface area (Å²) in [6.07, 6.45) is 0. The van der Waals surface area contributed by atoms with E-state index in [-0.39, 0.29) is 0 Å². The van der Waals surface area contributed by atoms with Crippen LogP contribution < -0.4 is 0 Å². The molecule has 0 bridgehead atoms. The average molecular weight is 406 g/mol. The summed E-state index contributed by atoms with van der Waals surface area (Å²) in [5.74, 6) is -0.803. The Hall–Kier alpha value is -3.68. The van der Waals surface area contributed by atoms with Crippen LogP contribution in [0.1, 0.15) is 22.8 Å². The van der Waals surface area contributed by atoms with Crippen LogP contribution in [0.25, 0.3) is 11.4 Å². The summed E-state index contributed by atoms with van der Waals surface area (Å²) in [6, 6.07) is 12.2. The molecule has 0 N–H and O–H groups in total. The van der Waals surface area contributed by atoms with Gasteiger partial charge in [-0.25, -0.2) is 18.1 Å². The van der Waals surface area contributed by atoms with Gasteiger partial charge in [-0.2, -0.15) is 10.2 Å². The van der Waals surface area contributed by atoms with Gasteiger partial charge in [0.15, 0.2) is 0 Å². The summed E-state index contributed by atoms with van der Waals surface area (Å²) in [5, 5.41) is 17.5. The number of aromatic nitrogens is 4. The number of benzene rings is 2. The lowest BCUT2D eigenvalue weighted by atomic mass is 10.2. The smallest absolute Gasteiger partial charge is 0.125 e. The zero-order chi connectivity index (χ0) is 21.4. The van der Waals surface area contributed by atoms with Crippen LogP contribution in [0.5, 0.6) is 0 Å². The molecule has 2 aromatic carbocycles. The van der Waals surface area contributed by atoms with Crippen LogP contribution >= 0.6 is 0 Å². The van der Waals surface area contributed by atoms with Gasteiger partial charge in [0.2, 0.25) is 0 Å². The normalized spacial score (nSPS) is 11.5. The molecule has 0 aliphatic heterocycles. The standard InChI is InChI=1S/C22H20F2N6/c1-13-9-15(3)29(27-13)21-11-17(23)5-7-19(21)25-26-20-8-6-18(24)12-22(20)30-16(4)10-14(2)28-30/h5-12H,1-4H3. The van der Waals surface area contributed by atoms with Crippen molar-refractivity contribution in [3.05, 3.63) is 82.9 Å². The fourth-order valence-corrected chi connectivity index (χ4v) is 3.35. The van der Waals surface area contributed by atoms with Crippen LogP contribution in [-0.2, 0) is 0 Å². The second kappa shape index (κ2) is 7.62. The minimum Gasteiger partial charge on any atom is -0.235 e. The highest BCUT2D eigenvalue weighted by Crippen LogP contribution is 2.31. The first-order valence-electron chi connectivity index (χ1n) is 9.40. The highest BCUT2D eigenvalue weighted by molar-refractivity contribution is 5.60. The maximum absolute atomic E-state index is 13.9. The van der Waals surface area contributed by atoms with Crippen molar-refractivity contribution in [2.45, 2.75) is 27.7 Å². The van der Waals surface area contributed by atoms with Gasteiger partial charge in [0.05, 0.1) is 22.8 Å². The average Bonchev–Trinajstić information content (AvgIpc) is 3.21. The molecule has 6 nitrogen and oxygen atoms in total. The first kappa shape index (κ1) is 19.6. The Morgan fingerprint density at radius 1 is 0.633 bits per heavy atom. The minimum atomic E-state index is -0.401. The van der Waals surface area contributed by atoms with E-state index < -0.39 is 11.6 Å². The van der Waals surface area contributed by atoms with Gasteiger partial charge < -0.3 is 0 Å². The topological polar surface area (TPSA) is 60.4 Å². The molecular formula is C22H20F2N6. The Labute approximate surface area is 172 Å². The third-order valence-corrected chi connectivity index (χ3v) is 4.62. The van der Waals surface area contributed by atoms with Gasteiger partial charge in [-0.05, 0) is 64.1 Å². The van der Waals surface area contributed by atoms with Gasteiger partial charge in [0.1, 0.15) is 23.0 Å². The van der Waals surface area contributed by atoms with Gasteiger partial charge in [0.25, 0.3) is 0 Å². The van der Waals surface area contributed by atoms with Crippen LogP contribution in [0.4, 0.5) is 20.2 Å². The highest BCUT2D eigenvalue weighted by Gasteiger charge is 2.13. The number of halogens is 2. The van der Waals surface area contributed by atoms with E-state index >= 15 is 0 Å². The predicted molar refractivity (Wildman–Crippen MR) is 110 cm³/mol. The SMILES string of the molecule is Cc1cc(C)n(-c2cc(F)ccc2N=Nc2ccc(F)cc2-n2nc(C)cc2C)n1. The lowest BCUT2D eigenvalue weighted by Gasteiger charge is -2.09. The molecule has 0 unspecified atom stereocenters. The van der Waals surface area contributed by atoms with Crippen molar-refractivity contribution in [2.24, 2.45) is 10.2 Å². The molecule has 30 heavy (non-hydrogen) atoms.